The molecule has 5 rings (SSSR count). The fourth-order valence-corrected chi connectivity index (χ4v) is 4.28. The first-order valence-electron chi connectivity index (χ1n) is 11.5. The number of aryl methyl sites for hydroxylation is 1. The molecule has 7 heteroatoms. The minimum Gasteiger partial charge on any atom is -0.508 e. The minimum absolute atomic E-state index is 0.0349. The first kappa shape index (κ1) is 23.9. The predicted octanol–water partition coefficient (Wildman–Crippen LogP) is 6.75. The summed E-state index contributed by atoms with van der Waals surface area (Å²) in [6, 6.07) is 23.4. The maximum Gasteiger partial charge on any atom is 0.262 e. The molecule has 0 spiro atoms. The average molecular weight is 497 g/mol. The first-order chi connectivity index (χ1) is 17.8. The highest BCUT2D eigenvalue weighted by Crippen LogP contribution is 2.32. The van der Waals surface area contributed by atoms with Crippen molar-refractivity contribution in [2.75, 3.05) is 4.90 Å². The number of aromatic nitrogens is 1. The third-order valence-corrected chi connectivity index (χ3v) is 6.13. The van der Waals surface area contributed by atoms with E-state index in [1.807, 2.05) is 36.4 Å². The van der Waals surface area contributed by atoms with Gasteiger partial charge in [-0.15, -0.1) is 0 Å². The Bertz CT molecular complexity index is 1640. The zero-order valence-electron chi connectivity index (χ0n) is 19.8. The molecule has 5 aromatic rings. The van der Waals surface area contributed by atoms with Crippen molar-refractivity contribution in [2.24, 2.45) is 0 Å². The molecule has 0 unspecified atom stereocenters. The third kappa shape index (κ3) is 4.84. The number of carbonyl (C=O) groups excluding carboxylic acids is 1. The molecule has 0 aliphatic carbocycles. The van der Waals surface area contributed by atoms with Crippen LogP contribution in [-0.2, 0) is 6.54 Å². The molecule has 0 saturated carbocycles. The molecule has 0 aliphatic rings. The van der Waals surface area contributed by atoms with Crippen molar-refractivity contribution < 1.29 is 23.8 Å². The van der Waals surface area contributed by atoms with E-state index < -0.39 is 17.5 Å². The van der Waals surface area contributed by atoms with Gasteiger partial charge in [-0.2, -0.15) is 0 Å². The van der Waals surface area contributed by atoms with Gasteiger partial charge in [0.1, 0.15) is 23.1 Å². The van der Waals surface area contributed by atoms with Crippen molar-refractivity contribution in [3.63, 3.8) is 0 Å². The van der Waals surface area contributed by atoms with Crippen LogP contribution in [0.25, 0.3) is 22.2 Å². The van der Waals surface area contributed by atoms with Crippen molar-refractivity contribution in [1.82, 2.24) is 4.98 Å². The van der Waals surface area contributed by atoms with Gasteiger partial charge in [0, 0.05) is 28.8 Å². The number of halogens is 2. The Morgan fingerprint density at radius 3 is 2.41 bits per heavy atom. The van der Waals surface area contributed by atoms with Crippen LogP contribution in [0.5, 0.6) is 11.5 Å². The summed E-state index contributed by atoms with van der Waals surface area (Å²) in [6.45, 7) is 1.92. The number of pyridine rings is 1. The summed E-state index contributed by atoms with van der Waals surface area (Å²) in [5.74, 6) is -2.17. The van der Waals surface area contributed by atoms with Crippen molar-refractivity contribution in [3.8, 4) is 22.8 Å². The highest BCUT2D eigenvalue weighted by Gasteiger charge is 2.23. The highest BCUT2D eigenvalue weighted by molar-refractivity contribution is 6.08. The number of benzene rings is 4. The van der Waals surface area contributed by atoms with Gasteiger partial charge in [0.05, 0.1) is 23.3 Å². The molecule has 184 valence electrons. The fourth-order valence-electron chi connectivity index (χ4n) is 4.28. The second kappa shape index (κ2) is 9.70. The van der Waals surface area contributed by atoms with Gasteiger partial charge in [-0.3, -0.25) is 4.79 Å². The van der Waals surface area contributed by atoms with Gasteiger partial charge in [-0.1, -0.05) is 30.3 Å². The molecular formula is C30H22F2N2O3. The molecule has 0 aliphatic heterocycles. The lowest BCUT2D eigenvalue weighted by Gasteiger charge is -2.24. The molecule has 5 nitrogen and oxygen atoms in total. The summed E-state index contributed by atoms with van der Waals surface area (Å²) in [6.07, 6.45) is 0. The summed E-state index contributed by atoms with van der Waals surface area (Å²) >= 11 is 0. The number of phenolic OH excluding ortho intramolecular Hbond substituents is 2. The summed E-state index contributed by atoms with van der Waals surface area (Å²) in [7, 11) is 0. The van der Waals surface area contributed by atoms with Crippen LogP contribution in [0.2, 0.25) is 0 Å². The van der Waals surface area contributed by atoms with E-state index in [0.29, 0.717) is 11.2 Å². The number of fused-ring (bicyclic) bond motifs is 1. The van der Waals surface area contributed by atoms with Gasteiger partial charge >= 0.3 is 0 Å². The van der Waals surface area contributed by atoms with Crippen molar-refractivity contribution in [3.05, 3.63) is 119 Å². The van der Waals surface area contributed by atoms with Crippen molar-refractivity contribution in [2.45, 2.75) is 13.5 Å². The van der Waals surface area contributed by atoms with E-state index in [9.17, 15) is 19.4 Å². The van der Waals surface area contributed by atoms with Crippen LogP contribution in [0.1, 0.15) is 21.5 Å². The van der Waals surface area contributed by atoms with Crippen LogP contribution in [0.4, 0.5) is 14.5 Å². The highest BCUT2D eigenvalue weighted by atomic mass is 19.1. The van der Waals surface area contributed by atoms with Crippen LogP contribution < -0.4 is 4.90 Å². The number of carbonyl (C=O) groups is 1. The smallest absolute Gasteiger partial charge is 0.262 e. The molecule has 37 heavy (non-hydrogen) atoms. The number of aromatic hydroxyl groups is 2. The van der Waals surface area contributed by atoms with Gasteiger partial charge < -0.3 is 15.1 Å². The lowest BCUT2D eigenvalue weighted by molar-refractivity contribution is 0.0982. The molecule has 0 saturated heterocycles. The van der Waals surface area contributed by atoms with Crippen LogP contribution in [0, 0.1) is 18.6 Å². The number of rotatable bonds is 5. The lowest BCUT2D eigenvalue weighted by Crippen LogP contribution is -2.30. The summed E-state index contributed by atoms with van der Waals surface area (Å²) in [5, 5.41) is 20.7. The number of phenols is 2. The van der Waals surface area contributed by atoms with E-state index in [1.165, 1.54) is 41.3 Å². The van der Waals surface area contributed by atoms with E-state index in [2.05, 4.69) is 4.98 Å². The van der Waals surface area contributed by atoms with Crippen LogP contribution in [0.15, 0.2) is 91.0 Å². The minimum atomic E-state index is -0.607. The Labute approximate surface area is 211 Å². The number of anilines is 1. The monoisotopic (exact) mass is 496 g/mol. The molecular weight excluding hydrogens is 474 g/mol. The molecule has 1 aromatic heterocycles. The lowest BCUT2D eigenvalue weighted by atomic mass is 10.0. The molecule has 0 radical (unpaired) electrons. The number of amides is 1. The molecule has 4 aromatic carbocycles. The van der Waals surface area contributed by atoms with Crippen molar-refractivity contribution >= 4 is 22.5 Å². The number of hydrogen-bond donors (Lipinski definition) is 2. The Balaban J connectivity index is 1.57. The zero-order chi connectivity index (χ0) is 26.1. The molecule has 1 amide bonds. The van der Waals surface area contributed by atoms with Gasteiger partial charge in [-0.25, -0.2) is 13.8 Å². The average Bonchev–Trinajstić information content (AvgIpc) is 2.87. The molecule has 2 N–H and O–H groups in total. The predicted molar refractivity (Wildman–Crippen MR) is 139 cm³/mol. The Morgan fingerprint density at radius 1 is 0.892 bits per heavy atom. The Kier molecular flexibility index (Phi) is 6.27. The fraction of sp³-hybridized carbons (Fsp3) is 0.0667. The van der Waals surface area contributed by atoms with Gasteiger partial charge in [-0.05, 0) is 66.6 Å². The van der Waals surface area contributed by atoms with E-state index >= 15 is 4.39 Å². The third-order valence-electron chi connectivity index (χ3n) is 6.13. The molecule has 0 bridgehead atoms. The number of hydrogen-bond acceptors (Lipinski definition) is 4. The topological polar surface area (TPSA) is 73.7 Å². The normalized spacial score (nSPS) is 11.0. The molecule has 1 heterocycles. The van der Waals surface area contributed by atoms with Crippen LogP contribution >= 0.6 is 0 Å². The molecule has 0 fully saturated rings. The van der Waals surface area contributed by atoms with Crippen LogP contribution in [-0.4, -0.2) is 21.1 Å². The summed E-state index contributed by atoms with van der Waals surface area (Å²) in [4.78, 5) is 19.3. The molecule has 0 atom stereocenters. The van der Waals surface area contributed by atoms with E-state index in [1.54, 1.807) is 19.1 Å². The zero-order valence-corrected chi connectivity index (χ0v) is 19.8. The standard InChI is InChI=1S/C30H22F2N2O3/c1-18-13-20-7-8-21(31)14-27(20)33-29(18)24-11-9-22(15-26(24)32)34(17-19-5-3-2-4-6-19)30(37)25-12-10-23(35)16-28(25)36/h2-16,35-36H,17H2,1H3. The van der Waals surface area contributed by atoms with Gasteiger partial charge in [0.15, 0.2) is 0 Å². The summed E-state index contributed by atoms with van der Waals surface area (Å²) in [5.41, 5.74) is 2.75. The summed E-state index contributed by atoms with van der Waals surface area (Å²) < 4.78 is 29.3. The Hall–Kier alpha value is -4.78. The largest absolute Gasteiger partial charge is 0.508 e. The maximum atomic E-state index is 15.6. The van der Waals surface area contributed by atoms with Crippen LogP contribution in [0.3, 0.4) is 0 Å². The van der Waals surface area contributed by atoms with E-state index in [-0.39, 0.29) is 34.9 Å². The second-order valence-corrected chi connectivity index (χ2v) is 8.73. The van der Waals surface area contributed by atoms with E-state index in [4.69, 9.17) is 0 Å². The number of nitrogens with zero attached hydrogens (tertiary/aromatic N) is 2. The SMILES string of the molecule is Cc1cc2ccc(F)cc2nc1-c1ccc(N(Cc2ccccc2)C(=O)c2ccc(O)cc2O)cc1F. The quantitative estimate of drug-likeness (QED) is 0.282. The Morgan fingerprint density at radius 2 is 1.68 bits per heavy atom. The maximum absolute atomic E-state index is 15.6. The van der Waals surface area contributed by atoms with Crippen molar-refractivity contribution in [1.29, 1.82) is 0 Å². The van der Waals surface area contributed by atoms with Gasteiger partial charge in [0.25, 0.3) is 5.91 Å². The first-order valence-corrected chi connectivity index (χ1v) is 11.5. The van der Waals surface area contributed by atoms with Gasteiger partial charge in [0.2, 0.25) is 0 Å². The second-order valence-electron chi connectivity index (χ2n) is 8.73. The van der Waals surface area contributed by atoms with E-state index in [0.717, 1.165) is 22.6 Å².